The van der Waals surface area contributed by atoms with Crippen LogP contribution in [0.1, 0.15) is 71.1 Å². The molecule has 6 heteroatoms. The fourth-order valence-corrected chi connectivity index (χ4v) is 2.77. The highest BCUT2D eigenvalue weighted by Crippen LogP contribution is 2.18. The van der Waals surface area contributed by atoms with Crippen LogP contribution in [-0.2, 0) is 20.0 Å². The molecule has 1 unspecified atom stereocenters. The van der Waals surface area contributed by atoms with E-state index in [0.717, 1.165) is 19.3 Å². The van der Waals surface area contributed by atoms with Gasteiger partial charge in [0.15, 0.2) is 5.78 Å². The number of ketones is 1. The van der Waals surface area contributed by atoms with E-state index in [-0.39, 0.29) is 12.2 Å². The molecule has 0 spiro atoms. The molecule has 6 nitrogen and oxygen atoms in total. The number of nitrogens with zero attached hydrogens (tertiary/aromatic N) is 2. The molecule has 0 aromatic carbocycles. The molecule has 0 saturated carbocycles. The first-order chi connectivity index (χ1) is 11.6. The lowest BCUT2D eigenvalue weighted by atomic mass is 9.99. The Hall–Kier alpha value is -1.69. The quantitative estimate of drug-likeness (QED) is 0.339. The van der Waals surface area contributed by atoms with E-state index < -0.39 is 11.6 Å². The third-order valence-corrected chi connectivity index (χ3v) is 4.34. The fourth-order valence-electron chi connectivity index (χ4n) is 2.77. The summed E-state index contributed by atoms with van der Waals surface area (Å²) < 4.78 is 6.03. The first-order valence-electron chi connectivity index (χ1n) is 8.96. The first-order valence-corrected chi connectivity index (χ1v) is 8.96. The Bertz CT molecular complexity index is 488. The monoisotopic (exact) mass is 337 g/mol. The molecule has 0 saturated heterocycles. The molecule has 1 atom stereocenters. The normalized spacial score (nSPS) is 13.5. The van der Waals surface area contributed by atoms with E-state index in [1.54, 1.807) is 0 Å². The van der Waals surface area contributed by atoms with Crippen molar-refractivity contribution in [2.45, 2.75) is 76.8 Å². The lowest BCUT2D eigenvalue weighted by Gasteiger charge is -2.26. The van der Waals surface area contributed by atoms with Gasteiger partial charge in [0.1, 0.15) is 0 Å². The molecule has 0 bridgehead atoms. The summed E-state index contributed by atoms with van der Waals surface area (Å²) in [5.41, 5.74) is 4.26. The Kier molecular flexibility index (Phi) is 9.30. The van der Waals surface area contributed by atoms with E-state index in [0.29, 0.717) is 0 Å². The van der Waals surface area contributed by atoms with Crippen molar-refractivity contribution in [2.24, 2.45) is 5.73 Å². The van der Waals surface area contributed by atoms with Gasteiger partial charge in [0.25, 0.3) is 5.66 Å². The standard InChI is InChI=1S/C18H31N3O3/c1-3-4-5-6-7-8-9-10-11-12-16(22)18(19,17(23)24-2)21-14-13-20-15-21/h13-15H,3-12,19H2,1-2H3. The zero-order valence-electron chi connectivity index (χ0n) is 15.0. The highest BCUT2D eigenvalue weighted by Gasteiger charge is 2.44. The van der Waals surface area contributed by atoms with Gasteiger partial charge in [-0.05, 0) is 6.42 Å². The zero-order chi connectivity index (χ0) is 17.8. The number of aromatic nitrogens is 2. The number of Topliss-reactive ketones (excluding diaryl/α,β-unsaturated/α-hetero) is 1. The Balaban J connectivity index is 2.35. The number of rotatable bonds is 13. The number of unbranched alkanes of at least 4 members (excludes halogenated alkanes) is 8. The Labute approximate surface area is 144 Å². The van der Waals surface area contributed by atoms with Gasteiger partial charge in [-0.3, -0.25) is 10.5 Å². The minimum absolute atomic E-state index is 0.264. The molecule has 0 amide bonds. The highest BCUT2D eigenvalue weighted by atomic mass is 16.5. The number of esters is 1. The van der Waals surface area contributed by atoms with E-state index in [2.05, 4.69) is 11.9 Å². The zero-order valence-corrected chi connectivity index (χ0v) is 15.0. The van der Waals surface area contributed by atoms with Crippen molar-refractivity contribution in [1.29, 1.82) is 0 Å². The van der Waals surface area contributed by atoms with Gasteiger partial charge in [0.05, 0.1) is 13.4 Å². The van der Waals surface area contributed by atoms with Gasteiger partial charge in [0.2, 0.25) is 0 Å². The van der Waals surface area contributed by atoms with Crippen LogP contribution in [0.5, 0.6) is 0 Å². The lowest BCUT2D eigenvalue weighted by Crippen LogP contribution is -2.56. The molecule has 2 N–H and O–H groups in total. The minimum Gasteiger partial charge on any atom is -0.466 e. The first kappa shape index (κ1) is 20.4. The van der Waals surface area contributed by atoms with Gasteiger partial charge >= 0.3 is 5.97 Å². The van der Waals surface area contributed by atoms with E-state index in [1.165, 1.54) is 68.9 Å². The number of imidazole rings is 1. The van der Waals surface area contributed by atoms with Crippen molar-refractivity contribution in [3.63, 3.8) is 0 Å². The number of carbonyl (C=O) groups excluding carboxylic acids is 2. The van der Waals surface area contributed by atoms with Gasteiger partial charge in [0, 0.05) is 18.8 Å². The van der Waals surface area contributed by atoms with Crippen molar-refractivity contribution < 1.29 is 14.3 Å². The van der Waals surface area contributed by atoms with Gasteiger partial charge < -0.3 is 9.30 Å². The van der Waals surface area contributed by atoms with Gasteiger partial charge in [-0.2, -0.15) is 0 Å². The summed E-state index contributed by atoms with van der Waals surface area (Å²) in [6.07, 6.45) is 15.1. The van der Waals surface area contributed by atoms with Crippen LogP contribution in [0, 0.1) is 0 Å². The third kappa shape index (κ3) is 5.74. The van der Waals surface area contributed by atoms with Crippen LogP contribution in [-0.4, -0.2) is 28.4 Å². The van der Waals surface area contributed by atoms with Crippen LogP contribution in [0.3, 0.4) is 0 Å². The van der Waals surface area contributed by atoms with Crippen LogP contribution >= 0.6 is 0 Å². The molecular formula is C18H31N3O3. The second-order valence-corrected chi connectivity index (χ2v) is 6.23. The van der Waals surface area contributed by atoms with Crippen molar-refractivity contribution >= 4 is 11.8 Å². The predicted octanol–water partition coefficient (Wildman–Crippen LogP) is 3.16. The summed E-state index contributed by atoms with van der Waals surface area (Å²) in [4.78, 5) is 28.4. The topological polar surface area (TPSA) is 87.2 Å². The molecule has 0 radical (unpaired) electrons. The summed E-state index contributed by atoms with van der Waals surface area (Å²) in [7, 11) is 1.23. The Morgan fingerprint density at radius 1 is 1.08 bits per heavy atom. The van der Waals surface area contributed by atoms with Crippen molar-refractivity contribution in [2.75, 3.05) is 7.11 Å². The van der Waals surface area contributed by atoms with E-state index >= 15 is 0 Å². The molecule has 24 heavy (non-hydrogen) atoms. The maximum Gasteiger partial charge on any atom is 0.355 e. The van der Waals surface area contributed by atoms with Gasteiger partial charge in [-0.1, -0.05) is 58.3 Å². The SMILES string of the molecule is CCCCCCCCCCCC(=O)C(N)(C(=O)OC)n1ccnc1. The number of hydrogen-bond acceptors (Lipinski definition) is 5. The molecule has 0 aliphatic heterocycles. The largest absolute Gasteiger partial charge is 0.466 e. The molecule has 0 fully saturated rings. The highest BCUT2D eigenvalue weighted by molar-refractivity contribution is 6.05. The van der Waals surface area contributed by atoms with Gasteiger partial charge in [-0.15, -0.1) is 0 Å². The molecule has 1 aromatic heterocycles. The number of carbonyl (C=O) groups is 2. The summed E-state index contributed by atoms with van der Waals surface area (Å²) in [6, 6.07) is 0. The number of nitrogens with two attached hydrogens (primary N) is 1. The number of hydrogen-bond donors (Lipinski definition) is 1. The van der Waals surface area contributed by atoms with Crippen LogP contribution in [0.2, 0.25) is 0 Å². The molecule has 136 valence electrons. The van der Waals surface area contributed by atoms with Crippen molar-refractivity contribution in [3.05, 3.63) is 18.7 Å². The van der Waals surface area contributed by atoms with E-state index in [9.17, 15) is 9.59 Å². The van der Waals surface area contributed by atoms with Crippen LogP contribution < -0.4 is 5.73 Å². The fraction of sp³-hybridized carbons (Fsp3) is 0.722. The molecule has 1 heterocycles. The minimum atomic E-state index is -1.81. The van der Waals surface area contributed by atoms with Gasteiger partial charge in [-0.25, -0.2) is 9.78 Å². The Morgan fingerprint density at radius 3 is 2.17 bits per heavy atom. The maximum absolute atomic E-state index is 12.5. The molecule has 0 aliphatic rings. The summed E-state index contributed by atoms with van der Waals surface area (Å²) in [5.74, 6) is -1.10. The predicted molar refractivity (Wildman–Crippen MR) is 93.3 cm³/mol. The molecule has 1 aromatic rings. The summed E-state index contributed by atoms with van der Waals surface area (Å²) in [5, 5.41) is 0. The Morgan fingerprint density at radius 2 is 1.67 bits per heavy atom. The van der Waals surface area contributed by atoms with Crippen molar-refractivity contribution in [1.82, 2.24) is 9.55 Å². The van der Waals surface area contributed by atoms with Crippen molar-refractivity contribution in [3.8, 4) is 0 Å². The summed E-state index contributed by atoms with van der Waals surface area (Å²) >= 11 is 0. The molecular weight excluding hydrogens is 306 g/mol. The average molecular weight is 337 g/mol. The molecule has 0 aliphatic carbocycles. The van der Waals surface area contributed by atoms with E-state index in [4.69, 9.17) is 10.5 Å². The third-order valence-electron chi connectivity index (χ3n) is 4.34. The second-order valence-electron chi connectivity index (χ2n) is 6.23. The maximum atomic E-state index is 12.5. The number of ether oxygens (including phenoxy) is 1. The lowest BCUT2D eigenvalue weighted by molar-refractivity contribution is -0.156. The molecule has 1 rings (SSSR count). The summed E-state index contributed by atoms with van der Waals surface area (Å²) in [6.45, 7) is 2.21. The number of methoxy groups -OCH3 is 1. The average Bonchev–Trinajstić information content (AvgIpc) is 3.13. The smallest absolute Gasteiger partial charge is 0.355 e. The van der Waals surface area contributed by atoms with Crippen LogP contribution in [0.25, 0.3) is 0 Å². The van der Waals surface area contributed by atoms with Crippen LogP contribution in [0.15, 0.2) is 18.7 Å². The van der Waals surface area contributed by atoms with Crippen LogP contribution in [0.4, 0.5) is 0 Å². The van der Waals surface area contributed by atoms with E-state index in [1.807, 2.05) is 0 Å². The second kappa shape index (κ2) is 11.0.